The molecule has 0 saturated carbocycles. The summed E-state index contributed by atoms with van der Waals surface area (Å²) in [6, 6.07) is 10.8. The maximum absolute atomic E-state index is 12.6. The predicted octanol–water partition coefficient (Wildman–Crippen LogP) is 3.73. The van der Waals surface area contributed by atoms with Crippen molar-refractivity contribution in [3.8, 4) is 0 Å². The summed E-state index contributed by atoms with van der Waals surface area (Å²) in [6.45, 7) is 9.68. The second kappa shape index (κ2) is 7.47. The van der Waals surface area contributed by atoms with Crippen LogP contribution in [0.4, 0.5) is 5.69 Å². The molecule has 25 heavy (non-hydrogen) atoms. The van der Waals surface area contributed by atoms with E-state index in [1.807, 2.05) is 52.8 Å². The molecule has 0 aliphatic carbocycles. The number of aryl methyl sites for hydroxylation is 2. The normalized spacial score (nSPS) is 11.1. The highest BCUT2D eigenvalue weighted by Gasteiger charge is 2.18. The van der Waals surface area contributed by atoms with Crippen LogP contribution < -0.4 is 10.6 Å². The van der Waals surface area contributed by atoms with Crippen LogP contribution in [0.2, 0.25) is 0 Å². The van der Waals surface area contributed by atoms with Gasteiger partial charge in [0, 0.05) is 11.2 Å². The van der Waals surface area contributed by atoms with Crippen LogP contribution in [0, 0.1) is 6.92 Å². The Labute approximate surface area is 148 Å². The van der Waals surface area contributed by atoms with E-state index in [4.69, 9.17) is 0 Å². The number of amides is 2. The molecule has 1 aromatic carbocycles. The third-order valence-corrected chi connectivity index (χ3v) is 3.68. The first-order valence-corrected chi connectivity index (χ1v) is 8.40. The van der Waals surface area contributed by atoms with E-state index in [1.54, 1.807) is 18.2 Å². The van der Waals surface area contributed by atoms with Crippen molar-refractivity contribution in [1.29, 1.82) is 0 Å². The highest BCUT2D eigenvalue weighted by Crippen LogP contribution is 2.21. The molecule has 0 fully saturated rings. The van der Waals surface area contributed by atoms with Crippen molar-refractivity contribution >= 4 is 17.5 Å². The van der Waals surface area contributed by atoms with E-state index >= 15 is 0 Å². The summed E-state index contributed by atoms with van der Waals surface area (Å²) in [7, 11) is 0. The highest BCUT2D eigenvalue weighted by molar-refractivity contribution is 6.04. The minimum Gasteiger partial charge on any atom is -0.346 e. The third kappa shape index (κ3) is 4.89. The van der Waals surface area contributed by atoms with Gasteiger partial charge in [0.1, 0.15) is 11.4 Å². The van der Waals surface area contributed by atoms with E-state index < -0.39 is 0 Å². The standard InChI is InChI=1S/C20H25N3O2/c1-6-14-10-7-9-13(2)17(14)22-18(24)15-11-8-12-16(21-15)19(25)23-20(3,4)5/h7-12H,6H2,1-5H3,(H,22,24)(H,23,25). The first-order chi connectivity index (χ1) is 11.7. The SMILES string of the molecule is CCc1cccc(C)c1NC(=O)c1cccc(C(=O)NC(C)(C)C)n1. The van der Waals surface area contributed by atoms with Gasteiger partial charge >= 0.3 is 0 Å². The van der Waals surface area contributed by atoms with Crippen LogP contribution in [0.3, 0.4) is 0 Å². The van der Waals surface area contributed by atoms with Crippen LogP contribution in [0.15, 0.2) is 36.4 Å². The van der Waals surface area contributed by atoms with Crippen LogP contribution >= 0.6 is 0 Å². The van der Waals surface area contributed by atoms with Gasteiger partial charge in [-0.1, -0.05) is 31.2 Å². The van der Waals surface area contributed by atoms with Crippen molar-refractivity contribution in [3.05, 3.63) is 58.9 Å². The molecule has 132 valence electrons. The van der Waals surface area contributed by atoms with E-state index in [1.165, 1.54) is 0 Å². The molecular weight excluding hydrogens is 314 g/mol. The van der Waals surface area contributed by atoms with Gasteiger partial charge in [0.05, 0.1) is 0 Å². The summed E-state index contributed by atoms with van der Waals surface area (Å²) in [4.78, 5) is 29.0. The number of benzene rings is 1. The first-order valence-electron chi connectivity index (χ1n) is 8.40. The molecule has 0 radical (unpaired) electrons. The van der Waals surface area contributed by atoms with E-state index in [-0.39, 0.29) is 28.7 Å². The number of carbonyl (C=O) groups is 2. The zero-order chi connectivity index (χ0) is 18.6. The fourth-order valence-electron chi connectivity index (χ4n) is 2.47. The first kappa shape index (κ1) is 18.6. The lowest BCUT2D eigenvalue weighted by Gasteiger charge is -2.20. The molecule has 0 saturated heterocycles. The molecule has 1 heterocycles. The number of nitrogens with one attached hydrogen (secondary N) is 2. The Hall–Kier alpha value is -2.69. The zero-order valence-electron chi connectivity index (χ0n) is 15.4. The van der Waals surface area contributed by atoms with Gasteiger partial charge in [-0.15, -0.1) is 0 Å². The molecule has 0 bridgehead atoms. The van der Waals surface area contributed by atoms with E-state index in [0.717, 1.165) is 23.2 Å². The highest BCUT2D eigenvalue weighted by atomic mass is 16.2. The molecule has 0 aliphatic rings. The molecule has 1 aromatic heterocycles. The lowest BCUT2D eigenvalue weighted by atomic mass is 10.1. The minimum absolute atomic E-state index is 0.215. The van der Waals surface area contributed by atoms with Crippen molar-refractivity contribution in [2.45, 2.75) is 46.6 Å². The summed E-state index contributed by atoms with van der Waals surface area (Å²) in [5.41, 5.74) is 2.94. The van der Waals surface area contributed by atoms with Crippen molar-refractivity contribution < 1.29 is 9.59 Å². The Balaban J connectivity index is 2.24. The number of aromatic nitrogens is 1. The van der Waals surface area contributed by atoms with Crippen molar-refractivity contribution in [2.75, 3.05) is 5.32 Å². The van der Waals surface area contributed by atoms with E-state index in [0.29, 0.717) is 0 Å². The summed E-state index contributed by atoms with van der Waals surface area (Å²) in [6.07, 6.45) is 0.818. The Morgan fingerprint density at radius 2 is 1.60 bits per heavy atom. The molecule has 5 heteroatoms. The number of anilines is 1. The molecule has 2 amide bonds. The van der Waals surface area contributed by atoms with Crippen LogP contribution in [0.25, 0.3) is 0 Å². The quantitative estimate of drug-likeness (QED) is 0.891. The van der Waals surface area contributed by atoms with Crippen molar-refractivity contribution in [1.82, 2.24) is 10.3 Å². The van der Waals surface area contributed by atoms with E-state index in [9.17, 15) is 9.59 Å². The van der Waals surface area contributed by atoms with Gasteiger partial charge in [0.15, 0.2) is 0 Å². The molecule has 2 N–H and O–H groups in total. The van der Waals surface area contributed by atoms with Gasteiger partial charge in [0.25, 0.3) is 11.8 Å². The summed E-state index contributed by atoms with van der Waals surface area (Å²) in [5.74, 6) is -0.623. The molecule has 0 atom stereocenters. The fraction of sp³-hybridized carbons (Fsp3) is 0.350. The minimum atomic E-state index is -0.367. The number of pyridine rings is 1. The Morgan fingerprint density at radius 3 is 2.20 bits per heavy atom. The molecular formula is C20H25N3O2. The zero-order valence-corrected chi connectivity index (χ0v) is 15.4. The number of hydrogen-bond acceptors (Lipinski definition) is 3. The lowest BCUT2D eigenvalue weighted by molar-refractivity contribution is 0.0914. The average molecular weight is 339 g/mol. The number of nitrogens with zero attached hydrogens (tertiary/aromatic N) is 1. The van der Waals surface area contributed by atoms with Crippen molar-refractivity contribution in [3.63, 3.8) is 0 Å². The Morgan fingerprint density at radius 1 is 1.00 bits per heavy atom. The molecule has 5 nitrogen and oxygen atoms in total. The number of para-hydroxylation sites is 1. The van der Waals surface area contributed by atoms with Crippen LogP contribution in [0.1, 0.15) is 59.8 Å². The Bertz CT molecular complexity index is 792. The Kier molecular flexibility index (Phi) is 5.57. The monoisotopic (exact) mass is 339 g/mol. The number of hydrogen-bond donors (Lipinski definition) is 2. The predicted molar refractivity (Wildman–Crippen MR) is 100.0 cm³/mol. The van der Waals surface area contributed by atoms with Gasteiger partial charge in [-0.2, -0.15) is 0 Å². The summed E-state index contributed by atoms with van der Waals surface area (Å²) in [5, 5.41) is 5.77. The van der Waals surface area contributed by atoms with Gasteiger partial charge < -0.3 is 10.6 Å². The second-order valence-corrected chi connectivity index (χ2v) is 7.03. The maximum atomic E-state index is 12.6. The maximum Gasteiger partial charge on any atom is 0.274 e. The van der Waals surface area contributed by atoms with Crippen LogP contribution in [-0.4, -0.2) is 22.3 Å². The smallest absolute Gasteiger partial charge is 0.274 e. The van der Waals surface area contributed by atoms with E-state index in [2.05, 4.69) is 15.6 Å². The van der Waals surface area contributed by atoms with Crippen molar-refractivity contribution in [2.24, 2.45) is 0 Å². The third-order valence-electron chi connectivity index (χ3n) is 3.68. The average Bonchev–Trinajstić information content (AvgIpc) is 2.55. The second-order valence-electron chi connectivity index (χ2n) is 7.03. The van der Waals surface area contributed by atoms with Gasteiger partial charge in [-0.25, -0.2) is 4.98 Å². The van der Waals surface area contributed by atoms with Crippen LogP contribution in [0.5, 0.6) is 0 Å². The number of rotatable bonds is 4. The molecule has 0 unspecified atom stereocenters. The fourth-order valence-corrected chi connectivity index (χ4v) is 2.47. The molecule has 2 aromatic rings. The summed E-state index contributed by atoms with van der Waals surface area (Å²) >= 11 is 0. The molecule has 0 spiro atoms. The van der Waals surface area contributed by atoms with Gasteiger partial charge in [0.2, 0.25) is 0 Å². The van der Waals surface area contributed by atoms with Gasteiger partial charge in [-0.3, -0.25) is 9.59 Å². The topological polar surface area (TPSA) is 71.1 Å². The largest absolute Gasteiger partial charge is 0.346 e. The van der Waals surface area contributed by atoms with Crippen LogP contribution in [-0.2, 0) is 6.42 Å². The number of carbonyl (C=O) groups excluding carboxylic acids is 2. The summed E-state index contributed by atoms with van der Waals surface area (Å²) < 4.78 is 0. The molecule has 0 aliphatic heterocycles. The lowest BCUT2D eigenvalue weighted by Crippen LogP contribution is -2.41. The van der Waals surface area contributed by atoms with Gasteiger partial charge in [-0.05, 0) is 57.4 Å². The molecule has 2 rings (SSSR count).